The third-order valence-corrected chi connectivity index (χ3v) is 4.09. The summed E-state index contributed by atoms with van der Waals surface area (Å²) in [5.41, 5.74) is -0.654. The van der Waals surface area contributed by atoms with Crippen LogP contribution in [0.5, 0.6) is 0 Å². The third kappa shape index (κ3) is 2.02. The Labute approximate surface area is 116 Å². The summed E-state index contributed by atoms with van der Waals surface area (Å²) in [5.74, 6) is -0.477. The van der Waals surface area contributed by atoms with Crippen molar-refractivity contribution in [1.29, 1.82) is 5.26 Å². The quantitative estimate of drug-likeness (QED) is 0.919. The average molecular weight is 280 g/mol. The first kappa shape index (κ1) is 13.6. The van der Waals surface area contributed by atoms with Gasteiger partial charge in [0.2, 0.25) is 0 Å². The maximum Gasteiger partial charge on any atom is 0.329 e. The van der Waals surface area contributed by atoms with E-state index in [1.807, 2.05) is 13.0 Å². The number of nitrogens with zero attached hydrogens (tertiary/aromatic N) is 3. The van der Waals surface area contributed by atoms with Gasteiger partial charge in [-0.25, -0.2) is 9.78 Å². The van der Waals surface area contributed by atoms with Crippen molar-refractivity contribution >= 4 is 23.4 Å². The molecule has 1 aliphatic heterocycles. The van der Waals surface area contributed by atoms with Crippen LogP contribution >= 0.6 is 11.6 Å². The number of carboxylic acid groups (broad SMARTS) is 1. The van der Waals surface area contributed by atoms with Crippen molar-refractivity contribution in [2.75, 3.05) is 11.4 Å². The highest BCUT2D eigenvalue weighted by atomic mass is 35.5. The fraction of sp³-hybridized carbons (Fsp3) is 0.462. The van der Waals surface area contributed by atoms with Crippen molar-refractivity contribution in [1.82, 2.24) is 4.98 Å². The molecule has 1 fully saturated rings. The van der Waals surface area contributed by atoms with Gasteiger partial charge in [0.1, 0.15) is 22.4 Å². The second-order valence-electron chi connectivity index (χ2n) is 4.55. The number of hydrogen-bond acceptors (Lipinski definition) is 4. The smallest absolute Gasteiger partial charge is 0.329 e. The van der Waals surface area contributed by atoms with Crippen LogP contribution in [0.3, 0.4) is 0 Å². The van der Waals surface area contributed by atoms with E-state index >= 15 is 0 Å². The molecule has 1 aromatic rings. The van der Waals surface area contributed by atoms with Gasteiger partial charge >= 0.3 is 5.97 Å². The number of rotatable bonds is 3. The van der Waals surface area contributed by atoms with Crippen LogP contribution in [0.4, 0.5) is 5.82 Å². The molecule has 1 unspecified atom stereocenters. The van der Waals surface area contributed by atoms with Crippen molar-refractivity contribution in [2.45, 2.75) is 31.7 Å². The number of aromatic nitrogens is 1. The number of carbonyl (C=O) groups is 1. The third-order valence-electron chi connectivity index (χ3n) is 3.72. The second-order valence-corrected chi connectivity index (χ2v) is 4.93. The topological polar surface area (TPSA) is 77.2 Å². The minimum absolute atomic E-state index is 0.228. The molecule has 1 N–H and O–H groups in total. The number of hydrogen-bond donors (Lipinski definition) is 1. The van der Waals surface area contributed by atoms with E-state index in [4.69, 9.17) is 16.9 Å². The Morgan fingerprint density at radius 3 is 3.05 bits per heavy atom. The first-order valence-electron chi connectivity index (χ1n) is 6.12. The summed E-state index contributed by atoms with van der Waals surface area (Å²) < 4.78 is 0. The molecule has 2 rings (SSSR count). The van der Waals surface area contributed by atoms with Gasteiger partial charge < -0.3 is 10.0 Å². The predicted octanol–water partition coefficient (Wildman–Crippen LogP) is 2.44. The van der Waals surface area contributed by atoms with Crippen LogP contribution in [0, 0.1) is 11.3 Å². The maximum absolute atomic E-state index is 11.6. The van der Waals surface area contributed by atoms with Crippen molar-refractivity contribution in [3.63, 3.8) is 0 Å². The number of pyridine rings is 1. The average Bonchev–Trinajstić information content (AvgIpc) is 2.84. The SMILES string of the molecule is CCC1(C(=O)O)CCCN1c1nccc(C#N)c1Cl. The van der Waals surface area contributed by atoms with Crippen molar-refractivity contribution in [3.05, 3.63) is 22.8 Å². The molecular formula is C13H14ClN3O2. The molecule has 5 nitrogen and oxygen atoms in total. The molecule has 1 aliphatic rings. The Morgan fingerprint density at radius 1 is 1.74 bits per heavy atom. The minimum atomic E-state index is -0.968. The van der Waals surface area contributed by atoms with Gasteiger partial charge in [-0.15, -0.1) is 0 Å². The molecule has 0 aliphatic carbocycles. The number of carboxylic acids is 1. The van der Waals surface area contributed by atoms with E-state index < -0.39 is 11.5 Å². The van der Waals surface area contributed by atoms with Gasteiger partial charge in [0.15, 0.2) is 0 Å². The molecule has 1 aromatic heterocycles. The number of nitriles is 1. The molecule has 1 atom stereocenters. The molecule has 19 heavy (non-hydrogen) atoms. The molecule has 6 heteroatoms. The monoisotopic (exact) mass is 279 g/mol. The number of anilines is 1. The van der Waals surface area contributed by atoms with Gasteiger partial charge in [0.05, 0.1) is 5.56 Å². The summed E-state index contributed by atoms with van der Waals surface area (Å²) in [4.78, 5) is 17.5. The van der Waals surface area contributed by atoms with Gasteiger partial charge in [-0.3, -0.25) is 0 Å². The van der Waals surface area contributed by atoms with Gasteiger partial charge in [-0.2, -0.15) is 5.26 Å². The summed E-state index contributed by atoms with van der Waals surface area (Å²) >= 11 is 6.16. The highest BCUT2D eigenvalue weighted by molar-refractivity contribution is 6.34. The van der Waals surface area contributed by atoms with E-state index in [9.17, 15) is 9.90 Å². The fourth-order valence-corrected chi connectivity index (χ4v) is 2.89. The van der Waals surface area contributed by atoms with Crippen molar-refractivity contribution < 1.29 is 9.90 Å². The van der Waals surface area contributed by atoms with Crippen LogP contribution in [-0.4, -0.2) is 28.1 Å². The Morgan fingerprint density at radius 2 is 2.47 bits per heavy atom. The maximum atomic E-state index is 11.6. The summed E-state index contributed by atoms with van der Waals surface area (Å²) in [6, 6.07) is 3.51. The largest absolute Gasteiger partial charge is 0.479 e. The Bertz CT molecular complexity index is 555. The Hall–Kier alpha value is -1.80. The van der Waals surface area contributed by atoms with Crippen molar-refractivity contribution in [3.8, 4) is 6.07 Å². The summed E-state index contributed by atoms with van der Waals surface area (Å²) in [7, 11) is 0. The molecule has 1 saturated heterocycles. The first-order chi connectivity index (χ1) is 9.06. The standard InChI is InChI=1S/C13H14ClN3O2/c1-2-13(12(18)19)5-3-7-17(13)11-10(14)9(8-15)4-6-16-11/h4,6H,2-3,5,7H2,1H3,(H,18,19). The summed E-state index contributed by atoms with van der Waals surface area (Å²) in [6.07, 6.45) is 3.29. The zero-order valence-corrected chi connectivity index (χ0v) is 11.3. The van der Waals surface area contributed by atoms with Crippen LogP contribution in [-0.2, 0) is 4.79 Å². The summed E-state index contributed by atoms with van der Waals surface area (Å²) in [6.45, 7) is 2.43. The highest BCUT2D eigenvalue weighted by Crippen LogP contribution is 2.39. The molecule has 0 bridgehead atoms. The molecule has 0 amide bonds. The molecule has 0 saturated carbocycles. The van der Waals surface area contributed by atoms with Gasteiger partial charge in [0.25, 0.3) is 0 Å². The van der Waals surface area contributed by atoms with Gasteiger partial charge in [-0.1, -0.05) is 18.5 Å². The lowest BCUT2D eigenvalue weighted by atomic mass is 9.93. The normalized spacial score (nSPS) is 22.3. The van der Waals surface area contributed by atoms with E-state index in [1.54, 1.807) is 4.90 Å². The van der Waals surface area contributed by atoms with Crippen LogP contribution in [0.15, 0.2) is 12.3 Å². The number of aliphatic carboxylic acids is 1. The van der Waals surface area contributed by atoms with Crippen LogP contribution in [0.2, 0.25) is 5.02 Å². The fourth-order valence-electron chi connectivity index (χ4n) is 2.64. The molecule has 0 spiro atoms. The van der Waals surface area contributed by atoms with Crippen LogP contribution < -0.4 is 4.90 Å². The highest BCUT2D eigenvalue weighted by Gasteiger charge is 2.47. The zero-order chi connectivity index (χ0) is 14.0. The minimum Gasteiger partial charge on any atom is -0.479 e. The predicted molar refractivity (Wildman–Crippen MR) is 71.2 cm³/mol. The van der Waals surface area contributed by atoms with E-state index in [0.29, 0.717) is 30.8 Å². The lowest BCUT2D eigenvalue weighted by molar-refractivity contribution is -0.143. The zero-order valence-electron chi connectivity index (χ0n) is 10.6. The molecular weight excluding hydrogens is 266 g/mol. The molecule has 0 aromatic carbocycles. The molecule has 100 valence electrons. The lowest BCUT2D eigenvalue weighted by Gasteiger charge is -2.35. The van der Waals surface area contributed by atoms with E-state index in [-0.39, 0.29) is 5.02 Å². The lowest BCUT2D eigenvalue weighted by Crippen LogP contribution is -2.50. The molecule has 0 radical (unpaired) electrons. The van der Waals surface area contributed by atoms with E-state index in [2.05, 4.69) is 4.98 Å². The van der Waals surface area contributed by atoms with E-state index in [0.717, 1.165) is 6.42 Å². The first-order valence-corrected chi connectivity index (χ1v) is 6.50. The Balaban J connectivity index is 2.53. The second kappa shape index (κ2) is 5.06. The summed E-state index contributed by atoms with van der Waals surface area (Å²) in [5, 5.41) is 18.7. The van der Waals surface area contributed by atoms with Crippen molar-refractivity contribution in [2.24, 2.45) is 0 Å². The molecule has 2 heterocycles. The Kier molecular flexibility index (Phi) is 3.63. The van der Waals surface area contributed by atoms with Crippen LogP contribution in [0.1, 0.15) is 31.7 Å². The van der Waals surface area contributed by atoms with Gasteiger partial charge in [0, 0.05) is 12.7 Å². The number of halogens is 1. The van der Waals surface area contributed by atoms with Gasteiger partial charge in [-0.05, 0) is 25.3 Å². The van der Waals surface area contributed by atoms with Crippen LogP contribution in [0.25, 0.3) is 0 Å². The van der Waals surface area contributed by atoms with E-state index in [1.165, 1.54) is 12.3 Å².